The molecule has 124 valence electrons. The molecule has 1 atom stereocenters. The number of nitrogens with zero attached hydrogens (tertiary/aromatic N) is 2. The molecule has 2 heterocycles. The summed E-state index contributed by atoms with van der Waals surface area (Å²) in [7, 11) is 0. The van der Waals surface area contributed by atoms with Crippen LogP contribution in [0.2, 0.25) is 0 Å². The molecule has 2 aromatic rings. The lowest BCUT2D eigenvalue weighted by molar-refractivity contribution is 0.0325. The van der Waals surface area contributed by atoms with E-state index in [1.54, 1.807) is 0 Å². The minimum Gasteiger partial charge on any atom is -0.384 e. The minimum absolute atomic E-state index is 0.602. The summed E-state index contributed by atoms with van der Waals surface area (Å²) in [6.07, 6.45) is 0.961. The van der Waals surface area contributed by atoms with Gasteiger partial charge in [0.05, 0.1) is 18.7 Å². The number of pyridine rings is 1. The fraction of sp³-hybridized carbons (Fsp3) is 0.526. The van der Waals surface area contributed by atoms with Crippen molar-refractivity contribution in [2.45, 2.75) is 20.3 Å². The van der Waals surface area contributed by atoms with Gasteiger partial charge < -0.3 is 10.1 Å². The lowest BCUT2D eigenvalue weighted by Gasteiger charge is -2.29. The van der Waals surface area contributed by atoms with Crippen LogP contribution in [-0.2, 0) is 11.2 Å². The lowest BCUT2D eigenvalue weighted by atomic mass is 10.1. The van der Waals surface area contributed by atoms with Gasteiger partial charge in [-0.05, 0) is 24.5 Å². The van der Waals surface area contributed by atoms with Gasteiger partial charge in [0.1, 0.15) is 0 Å². The molecule has 0 saturated carbocycles. The summed E-state index contributed by atoms with van der Waals surface area (Å²) in [5.41, 5.74) is 3.43. The van der Waals surface area contributed by atoms with E-state index in [-0.39, 0.29) is 0 Å². The van der Waals surface area contributed by atoms with E-state index >= 15 is 0 Å². The standard InChI is InChI=1S/C19H27N3O/c1-3-16-12-19(17-6-4-5-7-18(17)21-16)20-13-15(2)14-22-8-10-23-11-9-22/h4-7,12,15H,3,8-11,13-14H2,1-2H3,(H,20,21). The van der Waals surface area contributed by atoms with Crippen LogP contribution in [0.15, 0.2) is 30.3 Å². The number of aryl methyl sites for hydroxylation is 1. The van der Waals surface area contributed by atoms with Crippen molar-refractivity contribution in [1.29, 1.82) is 0 Å². The smallest absolute Gasteiger partial charge is 0.0726 e. The van der Waals surface area contributed by atoms with Crippen molar-refractivity contribution < 1.29 is 4.74 Å². The zero-order valence-electron chi connectivity index (χ0n) is 14.2. The highest BCUT2D eigenvalue weighted by Gasteiger charge is 2.14. The molecule has 1 N–H and O–H groups in total. The zero-order valence-corrected chi connectivity index (χ0v) is 14.2. The van der Waals surface area contributed by atoms with E-state index in [9.17, 15) is 0 Å². The molecule has 0 bridgehead atoms. The van der Waals surface area contributed by atoms with Gasteiger partial charge >= 0.3 is 0 Å². The van der Waals surface area contributed by atoms with E-state index in [0.717, 1.165) is 57.0 Å². The van der Waals surface area contributed by atoms with Crippen LogP contribution in [0.3, 0.4) is 0 Å². The first-order chi connectivity index (χ1) is 11.3. The normalized spacial score (nSPS) is 17.3. The Balaban J connectivity index is 1.66. The van der Waals surface area contributed by atoms with Gasteiger partial charge in [-0.2, -0.15) is 0 Å². The average molecular weight is 313 g/mol. The van der Waals surface area contributed by atoms with Crippen LogP contribution < -0.4 is 5.32 Å². The summed E-state index contributed by atoms with van der Waals surface area (Å²) in [4.78, 5) is 7.21. The van der Waals surface area contributed by atoms with Gasteiger partial charge in [-0.15, -0.1) is 0 Å². The molecule has 0 spiro atoms. The number of aromatic nitrogens is 1. The fourth-order valence-electron chi connectivity index (χ4n) is 3.13. The van der Waals surface area contributed by atoms with Crippen molar-refractivity contribution in [1.82, 2.24) is 9.88 Å². The highest BCUT2D eigenvalue weighted by molar-refractivity contribution is 5.91. The predicted octanol–water partition coefficient (Wildman–Crippen LogP) is 3.18. The van der Waals surface area contributed by atoms with Crippen LogP contribution in [0.1, 0.15) is 19.5 Å². The molecule has 1 aromatic heterocycles. The molecule has 23 heavy (non-hydrogen) atoms. The van der Waals surface area contributed by atoms with Gasteiger partial charge in [0.15, 0.2) is 0 Å². The summed E-state index contributed by atoms with van der Waals surface area (Å²) in [5, 5.41) is 4.87. The summed E-state index contributed by atoms with van der Waals surface area (Å²) >= 11 is 0. The molecule has 4 heteroatoms. The number of benzene rings is 1. The molecule has 1 aliphatic heterocycles. The Morgan fingerprint density at radius 3 is 2.83 bits per heavy atom. The summed E-state index contributed by atoms with van der Waals surface area (Å²) in [6, 6.07) is 10.6. The number of rotatable bonds is 6. The maximum atomic E-state index is 5.42. The molecule has 1 unspecified atom stereocenters. The van der Waals surface area contributed by atoms with Gasteiger partial charge in [-0.25, -0.2) is 0 Å². The first-order valence-corrected chi connectivity index (χ1v) is 8.69. The third-order valence-electron chi connectivity index (χ3n) is 4.45. The van der Waals surface area contributed by atoms with Gasteiger partial charge in [0.2, 0.25) is 0 Å². The monoisotopic (exact) mass is 313 g/mol. The number of ether oxygens (including phenoxy) is 1. The Kier molecular flexibility index (Phi) is 5.47. The van der Waals surface area contributed by atoms with E-state index in [2.05, 4.69) is 54.4 Å². The number of anilines is 1. The highest BCUT2D eigenvalue weighted by Crippen LogP contribution is 2.23. The molecule has 1 fully saturated rings. The van der Waals surface area contributed by atoms with Gasteiger partial charge in [-0.1, -0.05) is 32.0 Å². The Bertz CT molecular complexity index is 638. The van der Waals surface area contributed by atoms with Crippen molar-refractivity contribution in [3.05, 3.63) is 36.0 Å². The first-order valence-electron chi connectivity index (χ1n) is 8.69. The van der Waals surface area contributed by atoms with Crippen LogP contribution >= 0.6 is 0 Å². The molecular formula is C19H27N3O. The van der Waals surface area contributed by atoms with Crippen molar-refractivity contribution >= 4 is 16.6 Å². The number of hydrogen-bond acceptors (Lipinski definition) is 4. The lowest BCUT2D eigenvalue weighted by Crippen LogP contribution is -2.40. The molecular weight excluding hydrogens is 286 g/mol. The van der Waals surface area contributed by atoms with Crippen LogP contribution in [-0.4, -0.2) is 49.3 Å². The van der Waals surface area contributed by atoms with E-state index in [4.69, 9.17) is 9.72 Å². The van der Waals surface area contributed by atoms with Crippen LogP contribution in [0.25, 0.3) is 10.9 Å². The van der Waals surface area contributed by atoms with Crippen LogP contribution in [0, 0.1) is 5.92 Å². The number of morpholine rings is 1. The average Bonchev–Trinajstić information content (AvgIpc) is 2.60. The van der Waals surface area contributed by atoms with Crippen LogP contribution in [0.4, 0.5) is 5.69 Å². The predicted molar refractivity (Wildman–Crippen MR) is 96.0 cm³/mol. The number of fused-ring (bicyclic) bond motifs is 1. The Morgan fingerprint density at radius 2 is 2.04 bits per heavy atom. The minimum atomic E-state index is 0.602. The Morgan fingerprint density at radius 1 is 1.26 bits per heavy atom. The van der Waals surface area contributed by atoms with Crippen molar-refractivity contribution in [2.75, 3.05) is 44.7 Å². The molecule has 3 rings (SSSR count). The van der Waals surface area contributed by atoms with E-state index in [0.29, 0.717) is 5.92 Å². The number of para-hydroxylation sites is 1. The molecule has 0 radical (unpaired) electrons. The largest absolute Gasteiger partial charge is 0.384 e. The number of nitrogens with one attached hydrogen (secondary N) is 1. The molecule has 0 aliphatic carbocycles. The topological polar surface area (TPSA) is 37.4 Å². The second kappa shape index (κ2) is 7.75. The molecule has 0 amide bonds. The summed E-state index contributed by atoms with van der Waals surface area (Å²) < 4.78 is 5.42. The molecule has 1 aromatic carbocycles. The third-order valence-corrected chi connectivity index (χ3v) is 4.45. The van der Waals surface area contributed by atoms with E-state index in [1.807, 2.05) is 0 Å². The highest BCUT2D eigenvalue weighted by atomic mass is 16.5. The Labute approximate surface area is 138 Å². The third kappa shape index (κ3) is 4.21. The molecule has 1 saturated heterocycles. The Hall–Kier alpha value is -1.65. The fourth-order valence-corrected chi connectivity index (χ4v) is 3.13. The quantitative estimate of drug-likeness (QED) is 0.889. The van der Waals surface area contributed by atoms with Crippen molar-refractivity contribution in [3.63, 3.8) is 0 Å². The second-order valence-electron chi connectivity index (χ2n) is 6.43. The first kappa shape index (κ1) is 16.2. The second-order valence-corrected chi connectivity index (χ2v) is 6.43. The molecule has 4 nitrogen and oxygen atoms in total. The maximum absolute atomic E-state index is 5.42. The van der Waals surface area contributed by atoms with E-state index in [1.165, 1.54) is 11.1 Å². The zero-order chi connectivity index (χ0) is 16.1. The SMILES string of the molecule is CCc1cc(NCC(C)CN2CCOCC2)c2ccccc2n1. The van der Waals surface area contributed by atoms with Crippen molar-refractivity contribution in [3.8, 4) is 0 Å². The van der Waals surface area contributed by atoms with Gasteiger partial charge in [0.25, 0.3) is 0 Å². The van der Waals surface area contributed by atoms with Crippen LogP contribution in [0.5, 0.6) is 0 Å². The maximum Gasteiger partial charge on any atom is 0.0726 e. The molecule has 1 aliphatic rings. The van der Waals surface area contributed by atoms with E-state index < -0.39 is 0 Å². The summed E-state index contributed by atoms with van der Waals surface area (Å²) in [6.45, 7) is 10.4. The van der Waals surface area contributed by atoms with Crippen molar-refractivity contribution in [2.24, 2.45) is 5.92 Å². The van der Waals surface area contributed by atoms with Gasteiger partial charge in [-0.3, -0.25) is 9.88 Å². The van der Waals surface area contributed by atoms with Gasteiger partial charge in [0, 0.05) is 42.9 Å². The number of hydrogen-bond donors (Lipinski definition) is 1. The summed E-state index contributed by atoms with van der Waals surface area (Å²) in [5.74, 6) is 0.602.